The van der Waals surface area contributed by atoms with Gasteiger partial charge in [0.15, 0.2) is 0 Å². The summed E-state index contributed by atoms with van der Waals surface area (Å²) in [5.74, 6) is 0. The van der Waals surface area contributed by atoms with E-state index >= 15 is 0 Å². The molecule has 11 rings (SSSR count). The molecular formula is C45H28N2S2. The standard InChI is InChI=1S/C45H28N2S2/c1-2-13-32(14-3-1)47-39-25-31(21-22-34(39)35-23-20-28-11-6-7-15-33(28)42(35)47)45-46-38-26-37(30-19-18-27-10-4-5-12-29(27)24-30)43-41(44(38)49-45)36-16-8-9-17-40(36)48-43/h1-26,45-46H. The fraction of sp³-hybridized carbons (Fsp3) is 0.0222. The normalized spacial score (nSPS) is 14.4. The highest BCUT2D eigenvalue weighted by Gasteiger charge is 2.29. The minimum absolute atomic E-state index is 0.0899. The van der Waals surface area contributed by atoms with E-state index in [1.165, 1.54) is 96.5 Å². The van der Waals surface area contributed by atoms with E-state index in [-0.39, 0.29) is 5.37 Å². The molecule has 1 aliphatic rings. The molecule has 0 fully saturated rings. The molecule has 3 heterocycles. The summed E-state index contributed by atoms with van der Waals surface area (Å²) in [7, 11) is 0. The maximum atomic E-state index is 3.99. The number of anilines is 1. The van der Waals surface area contributed by atoms with Gasteiger partial charge in [-0.05, 0) is 63.7 Å². The van der Waals surface area contributed by atoms with Crippen LogP contribution >= 0.6 is 23.1 Å². The predicted molar refractivity (Wildman–Crippen MR) is 213 cm³/mol. The fourth-order valence-electron chi connectivity index (χ4n) is 7.92. The van der Waals surface area contributed by atoms with Crippen LogP contribution in [-0.4, -0.2) is 4.57 Å². The zero-order valence-electron chi connectivity index (χ0n) is 26.4. The Balaban J connectivity index is 1.11. The van der Waals surface area contributed by atoms with Crippen LogP contribution in [0.25, 0.3) is 80.3 Å². The molecule has 2 nitrogen and oxygen atoms in total. The molecule has 0 amide bonds. The van der Waals surface area contributed by atoms with Crippen molar-refractivity contribution in [2.75, 3.05) is 5.32 Å². The molecule has 230 valence electrons. The monoisotopic (exact) mass is 660 g/mol. The number of para-hydroxylation sites is 1. The molecule has 2 aromatic heterocycles. The quantitative estimate of drug-likeness (QED) is 0.203. The number of hydrogen-bond acceptors (Lipinski definition) is 3. The largest absolute Gasteiger partial charge is 0.368 e. The number of aromatic nitrogens is 1. The van der Waals surface area contributed by atoms with Gasteiger partial charge in [-0.3, -0.25) is 0 Å². The van der Waals surface area contributed by atoms with E-state index in [1.807, 2.05) is 23.1 Å². The predicted octanol–water partition coefficient (Wildman–Crippen LogP) is 13.3. The van der Waals surface area contributed by atoms with Crippen molar-refractivity contribution in [1.82, 2.24) is 4.57 Å². The van der Waals surface area contributed by atoms with Crippen LogP contribution < -0.4 is 5.32 Å². The molecule has 0 radical (unpaired) electrons. The number of fused-ring (bicyclic) bond motifs is 11. The summed E-state index contributed by atoms with van der Waals surface area (Å²) in [4.78, 5) is 1.34. The average Bonchev–Trinajstić information content (AvgIpc) is 3.86. The van der Waals surface area contributed by atoms with Gasteiger partial charge in [-0.1, -0.05) is 133 Å². The van der Waals surface area contributed by atoms with Crippen LogP contribution in [0.15, 0.2) is 163 Å². The topological polar surface area (TPSA) is 17.0 Å². The van der Waals surface area contributed by atoms with E-state index in [9.17, 15) is 0 Å². The first-order chi connectivity index (χ1) is 24.3. The molecule has 1 unspecified atom stereocenters. The molecule has 0 saturated carbocycles. The second-order valence-electron chi connectivity index (χ2n) is 12.9. The molecule has 10 aromatic rings. The maximum absolute atomic E-state index is 3.99. The van der Waals surface area contributed by atoms with Gasteiger partial charge in [0, 0.05) is 52.5 Å². The van der Waals surface area contributed by atoms with Crippen molar-refractivity contribution in [3.63, 3.8) is 0 Å². The maximum Gasteiger partial charge on any atom is 0.103 e. The summed E-state index contributed by atoms with van der Waals surface area (Å²) < 4.78 is 5.15. The summed E-state index contributed by atoms with van der Waals surface area (Å²) in [5, 5.41) is 14.4. The van der Waals surface area contributed by atoms with Crippen molar-refractivity contribution < 1.29 is 0 Å². The molecule has 1 aliphatic heterocycles. The Morgan fingerprint density at radius 3 is 2.18 bits per heavy atom. The van der Waals surface area contributed by atoms with Crippen molar-refractivity contribution in [1.29, 1.82) is 0 Å². The van der Waals surface area contributed by atoms with Crippen LogP contribution in [-0.2, 0) is 0 Å². The van der Waals surface area contributed by atoms with E-state index in [4.69, 9.17) is 0 Å². The zero-order valence-corrected chi connectivity index (χ0v) is 28.0. The third kappa shape index (κ3) is 4.08. The second kappa shape index (κ2) is 10.5. The van der Waals surface area contributed by atoms with Gasteiger partial charge in [0.2, 0.25) is 0 Å². The number of nitrogens with one attached hydrogen (secondary N) is 1. The Bertz CT molecular complexity index is 2950. The Labute approximate surface area is 291 Å². The number of rotatable bonds is 3. The smallest absolute Gasteiger partial charge is 0.103 e. The number of benzene rings is 8. The van der Waals surface area contributed by atoms with E-state index in [0.717, 1.165) is 0 Å². The third-order valence-electron chi connectivity index (χ3n) is 10.2. The number of thioether (sulfide) groups is 1. The molecule has 8 aromatic carbocycles. The van der Waals surface area contributed by atoms with Gasteiger partial charge < -0.3 is 9.88 Å². The molecule has 1 N–H and O–H groups in total. The Kier molecular flexibility index (Phi) is 5.86. The molecule has 49 heavy (non-hydrogen) atoms. The molecule has 4 heteroatoms. The summed E-state index contributed by atoms with van der Waals surface area (Å²) >= 11 is 3.86. The molecule has 0 bridgehead atoms. The highest BCUT2D eigenvalue weighted by Crippen LogP contribution is 2.55. The van der Waals surface area contributed by atoms with E-state index in [0.29, 0.717) is 0 Å². The Morgan fingerprint density at radius 1 is 0.551 bits per heavy atom. The van der Waals surface area contributed by atoms with Crippen LogP contribution in [0, 0.1) is 0 Å². The van der Waals surface area contributed by atoms with Crippen molar-refractivity contribution >= 4 is 92.3 Å². The van der Waals surface area contributed by atoms with Crippen molar-refractivity contribution in [3.05, 3.63) is 163 Å². The summed E-state index contributed by atoms with van der Waals surface area (Å²) in [6, 6.07) is 58.0. The zero-order chi connectivity index (χ0) is 32.1. The lowest BCUT2D eigenvalue weighted by Gasteiger charge is -2.13. The lowest BCUT2D eigenvalue weighted by atomic mass is 9.98. The summed E-state index contributed by atoms with van der Waals surface area (Å²) in [6.45, 7) is 0. The van der Waals surface area contributed by atoms with Crippen LogP contribution in [0.2, 0.25) is 0 Å². The van der Waals surface area contributed by atoms with Crippen molar-refractivity contribution in [3.8, 4) is 16.8 Å². The number of thiophene rings is 1. The van der Waals surface area contributed by atoms with Gasteiger partial charge in [0.05, 0.1) is 16.7 Å². The molecule has 0 spiro atoms. The number of hydrogen-bond donors (Lipinski definition) is 1. The SMILES string of the molecule is c1ccc(-n2c3cc(C4Nc5cc(-c6ccc7ccccc7c6)c6sc7ccccc7c6c5S4)ccc3c3ccc4ccccc4c32)cc1. The fourth-order valence-corrected chi connectivity index (χ4v) is 10.5. The van der Waals surface area contributed by atoms with E-state index in [2.05, 4.69) is 168 Å². The van der Waals surface area contributed by atoms with Gasteiger partial charge >= 0.3 is 0 Å². The van der Waals surface area contributed by atoms with Crippen LogP contribution in [0.3, 0.4) is 0 Å². The lowest BCUT2D eigenvalue weighted by molar-refractivity contribution is 1.13. The third-order valence-corrected chi connectivity index (χ3v) is 12.7. The average molecular weight is 661 g/mol. The van der Waals surface area contributed by atoms with E-state index in [1.54, 1.807) is 0 Å². The van der Waals surface area contributed by atoms with Crippen LogP contribution in [0.5, 0.6) is 0 Å². The molecular weight excluding hydrogens is 633 g/mol. The van der Waals surface area contributed by atoms with Gasteiger partial charge in [-0.2, -0.15) is 0 Å². The first-order valence-electron chi connectivity index (χ1n) is 16.7. The highest BCUT2D eigenvalue weighted by molar-refractivity contribution is 8.00. The van der Waals surface area contributed by atoms with Crippen molar-refractivity contribution in [2.24, 2.45) is 0 Å². The summed E-state index contributed by atoms with van der Waals surface area (Å²) in [6.07, 6.45) is 0. The first kappa shape index (κ1) is 27.4. The second-order valence-corrected chi connectivity index (χ2v) is 15.1. The molecule has 1 atom stereocenters. The van der Waals surface area contributed by atoms with Crippen molar-refractivity contribution in [2.45, 2.75) is 10.3 Å². The van der Waals surface area contributed by atoms with Gasteiger partial charge in [-0.15, -0.1) is 11.3 Å². The minimum atomic E-state index is 0.0899. The summed E-state index contributed by atoms with van der Waals surface area (Å²) in [5.41, 5.74) is 8.71. The number of nitrogens with zero attached hydrogens (tertiary/aromatic N) is 1. The first-order valence-corrected chi connectivity index (χ1v) is 18.4. The Hall–Kier alpha value is -5.55. The highest BCUT2D eigenvalue weighted by atomic mass is 32.2. The van der Waals surface area contributed by atoms with Crippen LogP contribution in [0.1, 0.15) is 10.9 Å². The van der Waals surface area contributed by atoms with Crippen LogP contribution in [0.4, 0.5) is 5.69 Å². The molecule has 0 saturated heterocycles. The van der Waals surface area contributed by atoms with Gasteiger partial charge in [-0.25, -0.2) is 0 Å². The van der Waals surface area contributed by atoms with Gasteiger partial charge in [0.25, 0.3) is 0 Å². The van der Waals surface area contributed by atoms with Gasteiger partial charge in [0.1, 0.15) is 5.37 Å². The molecule has 0 aliphatic carbocycles. The minimum Gasteiger partial charge on any atom is -0.368 e. The Morgan fingerprint density at radius 2 is 1.29 bits per heavy atom. The van der Waals surface area contributed by atoms with E-state index < -0.39 is 0 Å². The lowest BCUT2D eigenvalue weighted by Crippen LogP contribution is -2.02.